The van der Waals surface area contributed by atoms with Crippen molar-refractivity contribution in [1.29, 1.82) is 0 Å². The number of hydrogen-bond acceptors (Lipinski definition) is 3. The Labute approximate surface area is 95.5 Å². The topological polar surface area (TPSA) is 34.1 Å². The Morgan fingerprint density at radius 1 is 1.00 bits per heavy atom. The van der Waals surface area contributed by atoms with Gasteiger partial charge in [0.15, 0.2) is 0 Å². The molecule has 3 rings (SSSR count). The summed E-state index contributed by atoms with van der Waals surface area (Å²) >= 11 is 0. The lowest BCUT2D eigenvalue weighted by molar-refractivity contribution is 0.109. The summed E-state index contributed by atoms with van der Waals surface area (Å²) < 4.78 is 5.01. The van der Waals surface area contributed by atoms with E-state index in [2.05, 4.69) is 22.4 Å². The summed E-state index contributed by atoms with van der Waals surface area (Å²) in [6.45, 7) is 3.83. The molecule has 1 fully saturated rings. The smallest absolute Gasteiger partial charge is 0.0591 e. The van der Waals surface area contributed by atoms with Crippen molar-refractivity contribution in [3.8, 4) is 0 Å². The molecule has 1 N–H and O–H groups in total. The van der Waals surface area contributed by atoms with E-state index in [0.717, 1.165) is 26.3 Å². The van der Waals surface area contributed by atoms with Crippen molar-refractivity contribution >= 4 is 10.8 Å². The second-order valence-corrected chi connectivity index (χ2v) is 3.59. The molecule has 0 amide bonds. The van der Waals surface area contributed by atoms with Crippen molar-refractivity contribution in [3.63, 3.8) is 0 Å². The molecule has 0 aliphatic carbocycles. The number of hydrogen-bond donors (Lipinski definition) is 1. The first-order chi connectivity index (χ1) is 7.97. The van der Waals surface area contributed by atoms with Gasteiger partial charge in [-0.3, -0.25) is 4.98 Å². The Kier molecular flexibility index (Phi) is 4.28. The van der Waals surface area contributed by atoms with Gasteiger partial charge in [0.2, 0.25) is 0 Å². The zero-order chi connectivity index (χ0) is 11.1. The van der Waals surface area contributed by atoms with Crippen LogP contribution >= 0.6 is 0 Å². The summed E-state index contributed by atoms with van der Waals surface area (Å²) in [5.41, 5.74) is 0. The number of nitrogens with one attached hydrogen (secondary N) is 1. The van der Waals surface area contributed by atoms with E-state index in [1.807, 2.05) is 30.6 Å². The second kappa shape index (κ2) is 6.20. The van der Waals surface area contributed by atoms with Crippen LogP contribution in [0.15, 0.2) is 42.7 Å². The van der Waals surface area contributed by atoms with E-state index in [4.69, 9.17) is 4.74 Å². The predicted molar refractivity (Wildman–Crippen MR) is 65.4 cm³/mol. The highest BCUT2D eigenvalue weighted by molar-refractivity contribution is 5.80. The van der Waals surface area contributed by atoms with E-state index in [0.29, 0.717) is 0 Å². The molecule has 84 valence electrons. The Morgan fingerprint density at radius 2 is 1.75 bits per heavy atom. The number of aromatic nitrogens is 1. The molecular weight excluding hydrogens is 200 g/mol. The van der Waals surface area contributed by atoms with Crippen LogP contribution < -0.4 is 5.32 Å². The van der Waals surface area contributed by atoms with Crippen molar-refractivity contribution < 1.29 is 4.74 Å². The van der Waals surface area contributed by atoms with Gasteiger partial charge in [-0.15, -0.1) is 0 Å². The average Bonchev–Trinajstić information content (AvgIpc) is 2.42. The minimum atomic E-state index is 0.889. The van der Waals surface area contributed by atoms with Crippen LogP contribution in [0.5, 0.6) is 0 Å². The quantitative estimate of drug-likeness (QED) is 0.729. The summed E-state index contributed by atoms with van der Waals surface area (Å²) in [7, 11) is 0. The molecule has 2 aromatic rings. The van der Waals surface area contributed by atoms with Crippen molar-refractivity contribution in [2.75, 3.05) is 26.3 Å². The van der Waals surface area contributed by atoms with Gasteiger partial charge in [0, 0.05) is 25.5 Å². The minimum absolute atomic E-state index is 0.889. The maximum atomic E-state index is 5.01. The molecule has 1 aliphatic rings. The number of rotatable bonds is 0. The fourth-order valence-electron chi connectivity index (χ4n) is 1.54. The molecular formula is C13H16N2O. The van der Waals surface area contributed by atoms with Gasteiger partial charge in [-0.1, -0.05) is 24.3 Å². The normalized spacial score (nSPS) is 15.2. The summed E-state index contributed by atoms with van der Waals surface area (Å²) in [4.78, 5) is 4.01. The van der Waals surface area contributed by atoms with E-state index >= 15 is 0 Å². The van der Waals surface area contributed by atoms with E-state index < -0.39 is 0 Å². The molecule has 1 aromatic heterocycles. The monoisotopic (exact) mass is 216 g/mol. The van der Waals surface area contributed by atoms with Gasteiger partial charge in [-0.2, -0.15) is 0 Å². The third kappa shape index (κ3) is 3.29. The van der Waals surface area contributed by atoms with E-state index in [1.165, 1.54) is 10.8 Å². The molecule has 1 saturated heterocycles. The number of ether oxygens (including phenoxy) is 1. The van der Waals surface area contributed by atoms with Crippen molar-refractivity contribution in [2.45, 2.75) is 0 Å². The number of morpholine rings is 1. The highest BCUT2D eigenvalue weighted by atomic mass is 16.5. The minimum Gasteiger partial charge on any atom is -0.379 e. The first-order valence-electron chi connectivity index (χ1n) is 5.54. The van der Waals surface area contributed by atoms with Crippen LogP contribution in [0.2, 0.25) is 0 Å². The van der Waals surface area contributed by atoms with Crippen molar-refractivity contribution in [3.05, 3.63) is 42.7 Å². The SMILES string of the molecule is C1COCCN1.c1ccc2cnccc2c1. The molecule has 1 aliphatic heterocycles. The second-order valence-electron chi connectivity index (χ2n) is 3.59. The van der Waals surface area contributed by atoms with Crippen molar-refractivity contribution in [1.82, 2.24) is 10.3 Å². The Balaban J connectivity index is 0.000000138. The van der Waals surface area contributed by atoms with Crippen molar-refractivity contribution in [2.24, 2.45) is 0 Å². The summed E-state index contributed by atoms with van der Waals surface area (Å²) in [6.07, 6.45) is 3.68. The lowest BCUT2D eigenvalue weighted by Crippen LogP contribution is -2.30. The van der Waals surface area contributed by atoms with Crippen LogP contribution in [0, 0.1) is 0 Å². The zero-order valence-corrected chi connectivity index (χ0v) is 9.23. The highest BCUT2D eigenvalue weighted by Crippen LogP contribution is 2.09. The third-order valence-electron chi connectivity index (χ3n) is 2.40. The number of pyridine rings is 1. The fourth-order valence-corrected chi connectivity index (χ4v) is 1.54. The largest absolute Gasteiger partial charge is 0.379 e. The molecule has 0 radical (unpaired) electrons. The van der Waals surface area contributed by atoms with E-state index in [1.54, 1.807) is 0 Å². The summed E-state index contributed by atoms with van der Waals surface area (Å²) in [6, 6.07) is 10.2. The lowest BCUT2D eigenvalue weighted by Gasteiger charge is -2.10. The van der Waals surface area contributed by atoms with Gasteiger partial charge in [-0.25, -0.2) is 0 Å². The van der Waals surface area contributed by atoms with Crippen LogP contribution in [0.4, 0.5) is 0 Å². The van der Waals surface area contributed by atoms with Crippen LogP contribution in [0.1, 0.15) is 0 Å². The molecule has 0 unspecified atom stereocenters. The van der Waals surface area contributed by atoms with E-state index in [9.17, 15) is 0 Å². The van der Waals surface area contributed by atoms with Gasteiger partial charge >= 0.3 is 0 Å². The zero-order valence-electron chi connectivity index (χ0n) is 9.23. The van der Waals surface area contributed by atoms with Crippen LogP contribution in [0.3, 0.4) is 0 Å². The van der Waals surface area contributed by atoms with Gasteiger partial charge in [-0.05, 0) is 16.8 Å². The molecule has 2 heterocycles. The molecule has 3 heteroatoms. The highest BCUT2D eigenvalue weighted by Gasteiger charge is 1.93. The predicted octanol–water partition coefficient (Wildman–Crippen LogP) is 1.84. The van der Waals surface area contributed by atoms with Crippen LogP contribution in [0.25, 0.3) is 10.8 Å². The van der Waals surface area contributed by atoms with Crippen LogP contribution in [-0.4, -0.2) is 31.3 Å². The summed E-state index contributed by atoms with van der Waals surface area (Å²) in [5.74, 6) is 0. The average molecular weight is 216 g/mol. The molecule has 3 nitrogen and oxygen atoms in total. The first-order valence-corrected chi connectivity index (χ1v) is 5.54. The maximum Gasteiger partial charge on any atom is 0.0591 e. The number of benzene rings is 1. The van der Waals surface area contributed by atoms with Crippen LogP contribution in [-0.2, 0) is 4.74 Å². The van der Waals surface area contributed by atoms with Gasteiger partial charge in [0.05, 0.1) is 13.2 Å². The Hall–Kier alpha value is -1.45. The Morgan fingerprint density at radius 3 is 2.31 bits per heavy atom. The van der Waals surface area contributed by atoms with Gasteiger partial charge in [0.25, 0.3) is 0 Å². The number of nitrogens with zero attached hydrogens (tertiary/aromatic N) is 1. The molecule has 1 aromatic carbocycles. The molecule has 0 bridgehead atoms. The molecule has 0 saturated carbocycles. The maximum absolute atomic E-state index is 5.01. The third-order valence-corrected chi connectivity index (χ3v) is 2.40. The molecule has 0 atom stereocenters. The van der Waals surface area contributed by atoms with Gasteiger partial charge < -0.3 is 10.1 Å². The molecule has 0 spiro atoms. The first kappa shape index (κ1) is 11.0. The Bertz CT molecular complexity index is 350. The fraction of sp³-hybridized carbons (Fsp3) is 0.308. The molecule has 16 heavy (non-hydrogen) atoms. The number of fused-ring (bicyclic) bond motifs is 1. The van der Waals surface area contributed by atoms with Gasteiger partial charge in [0.1, 0.15) is 0 Å². The lowest BCUT2D eigenvalue weighted by atomic mass is 10.2. The standard InChI is InChI=1S/C9H7N.C4H9NO/c1-2-4-9-7-10-6-5-8(9)3-1;1-3-6-4-2-5-1/h1-7H;5H,1-4H2. The summed E-state index contributed by atoms with van der Waals surface area (Å²) in [5, 5.41) is 5.61. The van der Waals surface area contributed by atoms with E-state index in [-0.39, 0.29) is 0 Å².